The highest BCUT2D eigenvalue weighted by Crippen LogP contribution is 1.92. The van der Waals surface area contributed by atoms with Gasteiger partial charge in [0.25, 0.3) is 5.91 Å². The van der Waals surface area contributed by atoms with Gasteiger partial charge in [-0.1, -0.05) is 0 Å². The number of amides is 1. The summed E-state index contributed by atoms with van der Waals surface area (Å²) in [6.07, 6.45) is 2.55. The summed E-state index contributed by atoms with van der Waals surface area (Å²) < 4.78 is 0.627. The van der Waals surface area contributed by atoms with Crippen LogP contribution in [0.4, 0.5) is 0 Å². The number of hydrogen-bond donors (Lipinski definition) is 2. The standard InChI is InChI=1S/C11H19N5O2/c1-9-7-14-10(8-16(9)18)11(17)13-4-6-15(2)5-3-12/h7-8H,3-6,12H2,1-2H3,(H,13,17). The smallest absolute Gasteiger partial charge is 0.276 e. The summed E-state index contributed by atoms with van der Waals surface area (Å²) in [6, 6.07) is 0. The van der Waals surface area contributed by atoms with Crippen LogP contribution in [0, 0.1) is 12.1 Å². The van der Waals surface area contributed by atoms with Crippen molar-refractivity contribution in [3.05, 3.63) is 29.0 Å². The van der Waals surface area contributed by atoms with Gasteiger partial charge in [-0.2, -0.15) is 4.73 Å². The lowest BCUT2D eigenvalue weighted by Gasteiger charge is -2.15. The molecule has 1 aromatic heterocycles. The fraction of sp³-hybridized carbons (Fsp3) is 0.545. The number of hydrogen-bond acceptors (Lipinski definition) is 5. The third kappa shape index (κ3) is 4.27. The van der Waals surface area contributed by atoms with E-state index in [9.17, 15) is 10.0 Å². The maximum Gasteiger partial charge on any atom is 0.276 e. The van der Waals surface area contributed by atoms with Gasteiger partial charge in [0, 0.05) is 33.1 Å². The normalized spacial score (nSPS) is 10.7. The molecule has 0 atom stereocenters. The molecule has 7 nitrogen and oxygen atoms in total. The summed E-state index contributed by atoms with van der Waals surface area (Å²) in [6.45, 7) is 4.18. The highest BCUT2D eigenvalue weighted by atomic mass is 16.5. The van der Waals surface area contributed by atoms with Crippen LogP contribution in [0.25, 0.3) is 0 Å². The summed E-state index contributed by atoms with van der Waals surface area (Å²) in [5.74, 6) is -0.347. The molecule has 0 saturated carbocycles. The number of rotatable bonds is 6. The van der Waals surface area contributed by atoms with E-state index >= 15 is 0 Å². The molecule has 0 unspecified atom stereocenters. The van der Waals surface area contributed by atoms with Crippen molar-refractivity contribution >= 4 is 5.91 Å². The van der Waals surface area contributed by atoms with Crippen molar-refractivity contribution in [2.24, 2.45) is 5.73 Å². The molecule has 7 heteroatoms. The van der Waals surface area contributed by atoms with Gasteiger partial charge in [0.15, 0.2) is 5.69 Å². The molecule has 0 aliphatic heterocycles. The van der Waals surface area contributed by atoms with E-state index in [2.05, 4.69) is 10.3 Å². The predicted octanol–water partition coefficient (Wildman–Crippen LogP) is -1.36. The van der Waals surface area contributed by atoms with Gasteiger partial charge in [-0.05, 0) is 7.05 Å². The molecule has 0 bridgehead atoms. The summed E-state index contributed by atoms with van der Waals surface area (Å²) in [5.41, 5.74) is 5.98. The lowest BCUT2D eigenvalue weighted by molar-refractivity contribution is -0.613. The van der Waals surface area contributed by atoms with Gasteiger partial charge in [0.05, 0.1) is 6.20 Å². The van der Waals surface area contributed by atoms with E-state index in [0.717, 1.165) is 6.54 Å². The molecular formula is C11H19N5O2. The Morgan fingerprint density at radius 3 is 2.94 bits per heavy atom. The Morgan fingerprint density at radius 1 is 1.61 bits per heavy atom. The van der Waals surface area contributed by atoms with Gasteiger partial charge in [0.2, 0.25) is 11.9 Å². The van der Waals surface area contributed by atoms with E-state index in [1.165, 1.54) is 12.4 Å². The molecule has 3 N–H and O–H groups in total. The van der Waals surface area contributed by atoms with E-state index in [4.69, 9.17) is 5.73 Å². The fourth-order valence-electron chi connectivity index (χ4n) is 1.37. The Bertz CT molecular complexity index is 410. The van der Waals surface area contributed by atoms with Crippen LogP contribution in [-0.2, 0) is 0 Å². The first kappa shape index (κ1) is 14.3. The molecule has 1 heterocycles. The quantitative estimate of drug-likeness (QED) is 0.482. The van der Waals surface area contributed by atoms with Crippen LogP contribution in [0.3, 0.4) is 0 Å². The molecule has 18 heavy (non-hydrogen) atoms. The van der Waals surface area contributed by atoms with Gasteiger partial charge in [-0.3, -0.25) is 4.79 Å². The minimum absolute atomic E-state index is 0.122. The Hall–Kier alpha value is -1.73. The van der Waals surface area contributed by atoms with E-state index in [0.29, 0.717) is 30.1 Å². The topological polar surface area (TPSA) is 98.2 Å². The van der Waals surface area contributed by atoms with Crippen molar-refractivity contribution in [2.45, 2.75) is 6.92 Å². The van der Waals surface area contributed by atoms with Crippen LogP contribution in [0.5, 0.6) is 0 Å². The second-order valence-electron chi connectivity index (χ2n) is 4.09. The number of nitrogens with one attached hydrogen (secondary N) is 1. The SMILES string of the molecule is Cc1cnc(C(=O)NCCN(C)CCN)c[n+]1[O-]. The molecule has 1 amide bonds. The minimum atomic E-state index is -0.347. The number of carbonyl (C=O) groups excluding carboxylic acids is 1. The predicted molar refractivity (Wildman–Crippen MR) is 66.8 cm³/mol. The zero-order valence-electron chi connectivity index (χ0n) is 10.7. The molecule has 0 aromatic carbocycles. The second kappa shape index (κ2) is 6.87. The molecule has 100 valence electrons. The number of nitrogens with zero attached hydrogens (tertiary/aromatic N) is 3. The van der Waals surface area contributed by atoms with Gasteiger partial charge >= 0.3 is 0 Å². The Balaban J connectivity index is 2.43. The Kier molecular flexibility index (Phi) is 5.47. The summed E-state index contributed by atoms with van der Waals surface area (Å²) in [5, 5.41) is 14.0. The van der Waals surface area contributed by atoms with Crippen LogP contribution in [0.15, 0.2) is 12.4 Å². The van der Waals surface area contributed by atoms with Crippen molar-refractivity contribution in [3.8, 4) is 0 Å². The average molecular weight is 253 g/mol. The van der Waals surface area contributed by atoms with Crippen LogP contribution >= 0.6 is 0 Å². The van der Waals surface area contributed by atoms with E-state index in [1.54, 1.807) is 6.92 Å². The van der Waals surface area contributed by atoms with Gasteiger partial charge in [0.1, 0.15) is 0 Å². The third-order valence-corrected chi connectivity index (χ3v) is 2.50. The van der Waals surface area contributed by atoms with Crippen LogP contribution < -0.4 is 15.8 Å². The first-order valence-electron chi connectivity index (χ1n) is 5.77. The minimum Gasteiger partial charge on any atom is -0.618 e. The largest absolute Gasteiger partial charge is 0.618 e. The highest BCUT2D eigenvalue weighted by molar-refractivity contribution is 5.91. The molecule has 0 spiro atoms. The van der Waals surface area contributed by atoms with Crippen LogP contribution in [-0.4, -0.2) is 49.0 Å². The molecular weight excluding hydrogens is 234 g/mol. The summed E-state index contributed by atoms with van der Waals surface area (Å²) in [7, 11) is 1.93. The monoisotopic (exact) mass is 253 g/mol. The second-order valence-corrected chi connectivity index (χ2v) is 4.09. The Morgan fingerprint density at radius 2 is 2.33 bits per heavy atom. The zero-order valence-corrected chi connectivity index (χ0v) is 10.7. The van der Waals surface area contributed by atoms with E-state index in [-0.39, 0.29) is 11.6 Å². The Labute approximate surface area is 106 Å². The van der Waals surface area contributed by atoms with Gasteiger partial charge < -0.3 is 21.2 Å². The highest BCUT2D eigenvalue weighted by Gasteiger charge is 2.11. The zero-order chi connectivity index (χ0) is 13.5. The number of aromatic nitrogens is 2. The molecule has 1 rings (SSSR count). The van der Waals surface area contributed by atoms with Gasteiger partial charge in [-0.15, -0.1) is 0 Å². The number of nitrogens with two attached hydrogens (primary N) is 1. The van der Waals surface area contributed by atoms with E-state index < -0.39 is 0 Å². The van der Waals surface area contributed by atoms with Crippen molar-refractivity contribution < 1.29 is 9.52 Å². The van der Waals surface area contributed by atoms with Crippen LogP contribution in [0.1, 0.15) is 16.2 Å². The third-order valence-electron chi connectivity index (χ3n) is 2.50. The van der Waals surface area contributed by atoms with Crippen molar-refractivity contribution in [2.75, 3.05) is 33.2 Å². The first-order chi connectivity index (χ1) is 8.54. The van der Waals surface area contributed by atoms with Crippen LogP contribution in [0.2, 0.25) is 0 Å². The molecule has 0 saturated heterocycles. The molecule has 0 radical (unpaired) electrons. The van der Waals surface area contributed by atoms with Gasteiger partial charge in [-0.25, -0.2) is 4.98 Å². The molecule has 0 aliphatic carbocycles. The average Bonchev–Trinajstić information content (AvgIpc) is 2.33. The first-order valence-corrected chi connectivity index (χ1v) is 5.77. The molecule has 0 fully saturated rings. The van der Waals surface area contributed by atoms with Crippen molar-refractivity contribution in [3.63, 3.8) is 0 Å². The van der Waals surface area contributed by atoms with Crippen molar-refractivity contribution in [1.82, 2.24) is 15.2 Å². The number of likely N-dealkylation sites (N-methyl/N-ethyl adjacent to an activating group) is 1. The molecule has 0 aliphatic rings. The lowest BCUT2D eigenvalue weighted by atomic mass is 10.4. The van der Waals surface area contributed by atoms with Crippen molar-refractivity contribution in [1.29, 1.82) is 0 Å². The number of aryl methyl sites for hydroxylation is 1. The van der Waals surface area contributed by atoms with E-state index in [1.807, 2.05) is 11.9 Å². The fourth-order valence-corrected chi connectivity index (χ4v) is 1.37. The summed E-state index contributed by atoms with van der Waals surface area (Å²) in [4.78, 5) is 17.6. The number of carbonyl (C=O) groups is 1. The maximum atomic E-state index is 11.7. The maximum absolute atomic E-state index is 11.7. The summed E-state index contributed by atoms with van der Waals surface area (Å²) >= 11 is 0. The lowest BCUT2D eigenvalue weighted by Crippen LogP contribution is -2.37. The molecule has 1 aromatic rings.